The van der Waals surface area contributed by atoms with Gasteiger partial charge in [0.25, 0.3) is 0 Å². The minimum atomic E-state index is 0.558. The molecule has 1 heterocycles. The van der Waals surface area contributed by atoms with E-state index in [9.17, 15) is 0 Å². The molecule has 1 aromatic carbocycles. The van der Waals surface area contributed by atoms with Gasteiger partial charge >= 0.3 is 0 Å². The lowest BCUT2D eigenvalue weighted by atomic mass is 10.00. The molecule has 0 saturated carbocycles. The van der Waals surface area contributed by atoms with Crippen molar-refractivity contribution in [3.63, 3.8) is 0 Å². The van der Waals surface area contributed by atoms with Gasteiger partial charge in [-0.3, -0.25) is 5.01 Å². The zero-order chi connectivity index (χ0) is 12.3. The van der Waals surface area contributed by atoms with Crippen LogP contribution in [0.25, 0.3) is 0 Å². The Bertz CT molecular complexity index is 393. The van der Waals surface area contributed by atoms with E-state index < -0.39 is 0 Å². The normalized spacial score (nSPS) is 25.5. The van der Waals surface area contributed by atoms with Crippen LogP contribution >= 0.6 is 15.9 Å². The van der Waals surface area contributed by atoms with E-state index in [2.05, 4.69) is 52.0 Å². The minimum absolute atomic E-state index is 0.558. The maximum atomic E-state index is 4.64. The second kappa shape index (κ2) is 5.67. The average Bonchev–Trinajstić information content (AvgIpc) is 2.28. The molecule has 0 amide bonds. The van der Waals surface area contributed by atoms with E-state index in [0.29, 0.717) is 12.1 Å². The monoisotopic (exact) mass is 294 g/mol. The fourth-order valence-corrected chi connectivity index (χ4v) is 2.77. The maximum Gasteiger partial charge on any atom is 0.0543 e. The van der Waals surface area contributed by atoms with Gasteiger partial charge < -0.3 is 0 Å². The summed E-state index contributed by atoms with van der Waals surface area (Å²) in [6.07, 6.45) is 5.79. The molecule has 1 aliphatic rings. The highest BCUT2D eigenvalue weighted by Crippen LogP contribution is 2.22. The van der Waals surface area contributed by atoms with E-state index in [1.165, 1.54) is 19.3 Å². The summed E-state index contributed by atoms with van der Waals surface area (Å²) >= 11 is 3.48. The molecule has 1 fully saturated rings. The number of benzene rings is 1. The number of hydrazone groups is 1. The standard InChI is InChI=1S/C14H19BrN2/c1-11-5-3-6-12(2)17(11)16-10-13-7-4-8-14(15)9-13/h4,7-12H,3,5-6H2,1-2H3/b16-10-/t11-,12+. The Morgan fingerprint density at radius 2 is 2.00 bits per heavy atom. The Kier molecular flexibility index (Phi) is 4.21. The van der Waals surface area contributed by atoms with Gasteiger partial charge in [-0.1, -0.05) is 28.1 Å². The zero-order valence-electron chi connectivity index (χ0n) is 10.4. The summed E-state index contributed by atoms with van der Waals surface area (Å²) in [5.74, 6) is 0. The van der Waals surface area contributed by atoms with Crippen LogP contribution in [0.5, 0.6) is 0 Å². The first-order valence-corrected chi connectivity index (χ1v) is 7.04. The molecule has 0 aromatic heterocycles. The number of piperidine rings is 1. The summed E-state index contributed by atoms with van der Waals surface area (Å²) < 4.78 is 1.10. The van der Waals surface area contributed by atoms with Gasteiger partial charge in [-0.15, -0.1) is 0 Å². The predicted molar refractivity (Wildman–Crippen MR) is 76.4 cm³/mol. The van der Waals surface area contributed by atoms with Crippen molar-refractivity contribution in [1.29, 1.82) is 0 Å². The molecule has 0 unspecified atom stereocenters. The van der Waals surface area contributed by atoms with Crippen LogP contribution in [0.3, 0.4) is 0 Å². The van der Waals surface area contributed by atoms with Crippen LogP contribution in [0.1, 0.15) is 38.7 Å². The van der Waals surface area contributed by atoms with Gasteiger partial charge in [-0.05, 0) is 50.8 Å². The number of hydrogen-bond acceptors (Lipinski definition) is 2. The van der Waals surface area contributed by atoms with Crippen LogP contribution in [-0.4, -0.2) is 23.3 Å². The highest BCUT2D eigenvalue weighted by molar-refractivity contribution is 9.10. The van der Waals surface area contributed by atoms with Crippen molar-refractivity contribution in [2.75, 3.05) is 0 Å². The lowest BCUT2D eigenvalue weighted by Crippen LogP contribution is -2.39. The molecule has 0 N–H and O–H groups in total. The highest BCUT2D eigenvalue weighted by Gasteiger charge is 2.22. The van der Waals surface area contributed by atoms with E-state index >= 15 is 0 Å². The smallest absolute Gasteiger partial charge is 0.0543 e. The second-order valence-corrected chi connectivity index (χ2v) is 5.72. The van der Waals surface area contributed by atoms with Crippen molar-refractivity contribution in [2.24, 2.45) is 5.10 Å². The van der Waals surface area contributed by atoms with Crippen molar-refractivity contribution in [3.8, 4) is 0 Å². The Morgan fingerprint density at radius 3 is 2.65 bits per heavy atom. The number of nitrogens with zero attached hydrogens (tertiary/aromatic N) is 2. The summed E-state index contributed by atoms with van der Waals surface area (Å²) in [6.45, 7) is 4.52. The second-order valence-electron chi connectivity index (χ2n) is 4.81. The van der Waals surface area contributed by atoms with Gasteiger partial charge in [0, 0.05) is 16.6 Å². The Hall–Kier alpha value is -0.830. The van der Waals surface area contributed by atoms with Crippen LogP contribution in [0, 0.1) is 0 Å². The molecule has 92 valence electrons. The largest absolute Gasteiger partial charge is 0.292 e. The highest BCUT2D eigenvalue weighted by atomic mass is 79.9. The number of halogens is 1. The lowest BCUT2D eigenvalue weighted by molar-refractivity contribution is 0.109. The Balaban J connectivity index is 2.08. The van der Waals surface area contributed by atoms with Crippen LogP contribution < -0.4 is 0 Å². The van der Waals surface area contributed by atoms with Gasteiger partial charge in [0.1, 0.15) is 0 Å². The third kappa shape index (κ3) is 3.32. The summed E-state index contributed by atoms with van der Waals surface area (Å²) in [5, 5.41) is 6.88. The first-order chi connectivity index (χ1) is 8.16. The third-order valence-corrected chi connectivity index (χ3v) is 3.83. The molecular weight excluding hydrogens is 276 g/mol. The van der Waals surface area contributed by atoms with Gasteiger partial charge in [0.2, 0.25) is 0 Å². The Labute approximate surface area is 112 Å². The van der Waals surface area contributed by atoms with Crippen molar-refractivity contribution < 1.29 is 0 Å². The van der Waals surface area contributed by atoms with E-state index in [1.807, 2.05) is 18.3 Å². The van der Waals surface area contributed by atoms with E-state index in [1.54, 1.807) is 0 Å². The van der Waals surface area contributed by atoms with Crippen LogP contribution in [0.2, 0.25) is 0 Å². The van der Waals surface area contributed by atoms with Crippen molar-refractivity contribution >= 4 is 22.1 Å². The molecule has 2 atom stereocenters. The molecular formula is C14H19BrN2. The Morgan fingerprint density at radius 1 is 1.29 bits per heavy atom. The number of rotatable bonds is 2. The summed E-state index contributed by atoms with van der Waals surface area (Å²) in [6, 6.07) is 9.35. The van der Waals surface area contributed by atoms with Crippen molar-refractivity contribution in [2.45, 2.75) is 45.2 Å². The van der Waals surface area contributed by atoms with Gasteiger partial charge in [0.05, 0.1) is 6.21 Å². The average molecular weight is 295 g/mol. The minimum Gasteiger partial charge on any atom is -0.292 e. The van der Waals surface area contributed by atoms with Crippen LogP contribution in [0.4, 0.5) is 0 Å². The molecule has 0 bridgehead atoms. The molecule has 0 radical (unpaired) electrons. The fourth-order valence-electron chi connectivity index (χ4n) is 2.36. The van der Waals surface area contributed by atoms with Crippen molar-refractivity contribution in [1.82, 2.24) is 5.01 Å². The molecule has 0 spiro atoms. The van der Waals surface area contributed by atoms with Crippen LogP contribution in [0.15, 0.2) is 33.8 Å². The molecule has 2 rings (SSSR count). The predicted octanol–water partition coefficient (Wildman–Crippen LogP) is 4.05. The van der Waals surface area contributed by atoms with E-state index in [-0.39, 0.29) is 0 Å². The van der Waals surface area contributed by atoms with Crippen molar-refractivity contribution in [3.05, 3.63) is 34.3 Å². The fraction of sp³-hybridized carbons (Fsp3) is 0.500. The zero-order valence-corrected chi connectivity index (χ0v) is 12.0. The van der Waals surface area contributed by atoms with E-state index in [4.69, 9.17) is 0 Å². The lowest BCUT2D eigenvalue weighted by Gasteiger charge is -2.36. The summed E-state index contributed by atoms with van der Waals surface area (Å²) in [5.41, 5.74) is 1.14. The molecule has 17 heavy (non-hydrogen) atoms. The van der Waals surface area contributed by atoms with Gasteiger partial charge in [0.15, 0.2) is 0 Å². The quantitative estimate of drug-likeness (QED) is 0.752. The molecule has 1 aromatic rings. The first kappa shape index (κ1) is 12.6. The summed E-state index contributed by atoms with van der Waals surface area (Å²) in [4.78, 5) is 0. The third-order valence-electron chi connectivity index (χ3n) is 3.34. The maximum absolute atomic E-state index is 4.64. The van der Waals surface area contributed by atoms with Gasteiger partial charge in [-0.2, -0.15) is 5.10 Å². The SMILES string of the molecule is C[C@@H]1CCC[C@H](C)N1/N=C\c1cccc(Br)c1. The molecule has 2 nitrogen and oxygen atoms in total. The van der Waals surface area contributed by atoms with E-state index in [0.717, 1.165) is 10.0 Å². The summed E-state index contributed by atoms with van der Waals surface area (Å²) in [7, 11) is 0. The molecule has 1 saturated heterocycles. The van der Waals surface area contributed by atoms with Crippen LogP contribution in [-0.2, 0) is 0 Å². The molecule has 1 aliphatic heterocycles. The molecule has 3 heteroatoms. The number of hydrogen-bond donors (Lipinski definition) is 0. The molecule has 0 aliphatic carbocycles. The van der Waals surface area contributed by atoms with Gasteiger partial charge in [-0.25, -0.2) is 0 Å². The topological polar surface area (TPSA) is 15.6 Å². The first-order valence-electron chi connectivity index (χ1n) is 6.24.